The summed E-state index contributed by atoms with van der Waals surface area (Å²) in [6.45, 7) is 11.5. The molecule has 3 aliphatic rings. The Labute approximate surface area is 204 Å². The Kier molecular flexibility index (Phi) is 8.52. The minimum atomic E-state index is -0.753. The van der Waals surface area contributed by atoms with Gasteiger partial charge < -0.3 is 24.1 Å². The number of ether oxygens (including phenoxy) is 4. The molecule has 1 aliphatic heterocycles. The highest BCUT2D eigenvalue weighted by molar-refractivity contribution is 5.75. The molecule has 0 spiro atoms. The highest BCUT2D eigenvalue weighted by Crippen LogP contribution is 2.46. The van der Waals surface area contributed by atoms with Crippen LogP contribution in [0.4, 0.5) is 0 Å². The van der Waals surface area contributed by atoms with E-state index in [2.05, 4.69) is 19.1 Å². The van der Waals surface area contributed by atoms with Crippen molar-refractivity contribution in [3.05, 3.63) is 12.2 Å². The molecule has 1 heterocycles. The summed E-state index contributed by atoms with van der Waals surface area (Å²) in [7, 11) is 1.39. The van der Waals surface area contributed by atoms with Crippen LogP contribution >= 0.6 is 0 Å². The van der Waals surface area contributed by atoms with Gasteiger partial charge in [-0.1, -0.05) is 19.1 Å². The molecule has 0 aromatic carbocycles. The highest BCUT2D eigenvalue weighted by atomic mass is 16.7. The van der Waals surface area contributed by atoms with Gasteiger partial charge in [-0.3, -0.25) is 9.59 Å². The lowest BCUT2D eigenvalue weighted by Crippen LogP contribution is -2.48. The van der Waals surface area contributed by atoms with Gasteiger partial charge in [0.15, 0.2) is 5.79 Å². The number of hydrogen-bond donors (Lipinski definition) is 1. The molecule has 194 valence electrons. The average molecular weight is 481 g/mol. The Balaban J connectivity index is 1.62. The van der Waals surface area contributed by atoms with Gasteiger partial charge in [-0.05, 0) is 77.6 Å². The molecule has 0 unspecified atom stereocenters. The summed E-state index contributed by atoms with van der Waals surface area (Å²) < 4.78 is 22.7. The fraction of sp³-hybridized carbons (Fsp3) is 0.852. The molecular formula is C27H44O7. The number of fused-ring (bicyclic) bond motifs is 1. The first-order valence-corrected chi connectivity index (χ1v) is 12.8. The van der Waals surface area contributed by atoms with Crippen molar-refractivity contribution in [2.45, 2.75) is 110 Å². The van der Waals surface area contributed by atoms with E-state index in [0.29, 0.717) is 24.7 Å². The van der Waals surface area contributed by atoms with E-state index in [9.17, 15) is 14.7 Å². The number of aliphatic hydroxyl groups excluding tert-OH is 1. The number of hydrogen-bond acceptors (Lipinski definition) is 7. The Hall–Kier alpha value is -1.44. The zero-order valence-electron chi connectivity index (χ0n) is 21.9. The minimum absolute atomic E-state index is 0.0174. The van der Waals surface area contributed by atoms with Crippen LogP contribution in [0.2, 0.25) is 0 Å². The van der Waals surface area contributed by atoms with E-state index in [1.807, 2.05) is 34.6 Å². The summed E-state index contributed by atoms with van der Waals surface area (Å²) in [5.74, 6) is -0.237. The molecule has 34 heavy (non-hydrogen) atoms. The molecule has 0 radical (unpaired) electrons. The quantitative estimate of drug-likeness (QED) is 0.445. The largest absolute Gasteiger partial charge is 0.469 e. The maximum Gasteiger partial charge on any atom is 0.311 e. The molecule has 0 aromatic heterocycles. The van der Waals surface area contributed by atoms with E-state index < -0.39 is 17.3 Å². The maximum absolute atomic E-state index is 12.4. The van der Waals surface area contributed by atoms with Gasteiger partial charge in [0.05, 0.1) is 37.3 Å². The van der Waals surface area contributed by atoms with Crippen LogP contribution in [-0.4, -0.2) is 54.4 Å². The first-order chi connectivity index (χ1) is 15.8. The number of methoxy groups -OCH3 is 1. The molecule has 2 fully saturated rings. The van der Waals surface area contributed by atoms with E-state index in [0.717, 1.165) is 19.3 Å². The van der Waals surface area contributed by atoms with Crippen molar-refractivity contribution in [2.24, 2.45) is 29.1 Å². The summed E-state index contributed by atoms with van der Waals surface area (Å²) in [4.78, 5) is 24.2. The fourth-order valence-corrected chi connectivity index (χ4v) is 5.94. The zero-order valence-corrected chi connectivity index (χ0v) is 21.9. The Bertz CT molecular complexity index is 753. The van der Waals surface area contributed by atoms with Gasteiger partial charge in [0, 0.05) is 12.8 Å². The van der Waals surface area contributed by atoms with Gasteiger partial charge in [0.1, 0.15) is 6.10 Å². The standard InChI is InChI=1S/C27H44O7/c1-16-8-9-17-12-19(32-25(30)26(2,3)4)14-22(28)24(17)21(16)11-10-18-13-20(15-23(29)31-7)34-27(5,6)33-18/h8-9,16-22,24,28H,10-15H2,1-7H3/t16-,17-,18+,19+,20+,21-,22-,24-/m0/s1. The van der Waals surface area contributed by atoms with E-state index >= 15 is 0 Å². The van der Waals surface area contributed by atoms with E-state index in [4.69, 9.17) is 18.9 Å². The van der Waals surface area contributed by atoms with Crippen molar-refractivity contribution < 1.29 is 33.6 Å². The van der Waals surface area contributed by atoms with Crippen LogP contribution in [0.15, 0.2) is 12.2 Å². The molecule has 0 amide bonds. The van der Waals surface area contributed by atoms with Crippen LogP contribution in [0.5, 0.6) is 0 Å². The summed E-state index contributed by atoms with van der Waals surface area (Å²) in [5, 5.41) is 11.1. The van der Waals surface area contributed by atoms with Crippen LogP contribution in [0.25, 0.3) is 0 Å². The number of carbonyl (C=O) groups excluding carboxylic acids is 2. The van der Waals surface area contributed by atoms with Crippen molar-refractivity contribution in [1.29, 1.82) is 0 Å². The SMILES string of the molecule is COC(=O)C[C@H]1C[C@@H](CC[C@@H]2[C@H]3[C@@H](O)C[C@H](OC(=O)C(C)(C)C)C[C@@H]3C=C[C@@H]2C)OC(C)(C)O1. The van der Waals surface area contributed by atoms with Crippen LogP contribution < -0.4 is 0 Å². The van der Waals surface area contributed by atoms with Crippen molar-refractivity contribution in [3.8, 4) is 0 Å². The molecule has 1 saturated heterocycles. The van der Waals surface area contributed by atoms with Gasteiger partial charge in [-0.15, -0.1) is 0 Å². The first kappa shape index (κ1) is 27.2. The summed E-state index contributed by atoms with van der Waals surface area (Å²) in [6.07, 6.45) is 7.34. The van der Waals surface area contributed by atoms with E-state index in [-0.39, 0.29) is 48.5 Å². The molecule has 0 bridgehead atoms. The number of aliphatic hydroxyl groups is 1. The molecule has 7 nitrogen and oxygen atoms in total. The topological polar surface area (TPSA) is 91.3 Å². The van der Waals surface area contributed by atoms with Gasteiger partial charge in [-0.2, -0.15) is 0 Å². The molecule has 8 atom stereocenters. The second-order valence-corrected chi connectivity index (χ2v) is 11.9. The zero-order chi connectivity index (χ0) is 25.3. The Morgan fingerprint density at radius 2 is 1.74 bits per heavy atom. The summed E-state index contributed by atoms with van der Waals surface area (Å²) in [5.41, 5.74) is -0.551. The van der Waals surface area contributed by atoms with Crippen LogP contribution in [-0.2, 0) is 28.5 Å². The van der Waals surface area contributed by atoms with Gasteiger partial charge in [0.2, 0.25) is 0 Å². The van der Waals surface area contributed by atoms with Crippen molar-refractivity contribution in [2.75, 3.05) is 7.11 Å². The van der Waals surface area contributed by atoms with Crippen molar-refractivity contribution >= 4 is 11.9 Å². The average Bonchev–Trinajstić information content (AvgIpc) is 2.71. The summed E-state index contributed by atoms with van der Waals surface area (Å²) >= 11 is 0. The smallest absolute Gasteiger partial charge is 0.311 e. The number of esters is 2. The molecule has 3 rings (SSSR count). The van der Waals surface area contributed by atoms with Gasteiger partial charge >= 0.3 is 11.9 Å². The second kappa shape index (κ2) is 10.7. The highest BCUT2D eigenvalue weighted by Gasteiger charge is 2.45. The monoisotopic (exact) mass is 480 g/mol. The van der Waals surface area contributed by atoms with Crippen LogP contribution in [0.1, 0.15) is 80.1 Å². The molecule has 1 saturated carbocycles. The Morgan fingerprint density at radius 3 is 2.38 bits per heavy atom. The van der Waals surface area contributed by atoms with Crippen LogP contribution in [0, 0.1) is 29.1 Å². The summed E-state index contributed by atoms with van der Waals surface area (Å²) in [6, 6.07) is 0. The molecule has 0 aromatic rings. The normalized spacial score (nSPS) is 37.5. The van der Waals surface area contributed by atoms with Gasteiger partial charge in [0.25, 0.3) is 0 Å². The first-order valence-electron chi connectivity index (χ1n) is 12.8. The molecule has 2 aliphatic carbocycles. The van der Waals surface area contributed by atoms with E-state index in [1.165, 1.54) is 7.11 Å². The lowest BCUT2D eigenvalue weighted by Gasteiger charge is -2.47. The van der Waals surface area contributed by atoms with E-state index in [1.54, 1.807) is 0 Å². The second-order valence-electron chi connectivity index (χ2n) is 11.9. The predicted molar refractivity (Wildman–Crippen MR) is 128 cm³/mol. The lowest BCUT2D eigenvalue weighted by atomic mass is 9.62. The fourth-order valence-electron chi connectivity index (χ4n) is 5.94. The third-order valence-electron chi connectivity index (χ3n) is 7.57. The molecular weight excluding hydrogens is 436 g/mol. The number of allylic oxidation sites excluding steroid dienone is 2. The van der Waals surface area contributed by atoms with Crippen LogP contribution in [0.3, 0.4) is 0 Å². The number of carbonyl (C=O) groups is 2. The lowest BCUT2D eigenvalue weighted by molar-refractivity contribution is -0.301. The maximum atomic E-state index is 12.4. The number of rotatable bonds is 6. The minimum Gasteiger partial charge on any atom is -0.469 e. The predicted octanol–water partition coefficient (Wildman–Crippen LogP) is 4.41. The van der Waals surface area contributed by atoms with Crippen molar-refractivity contribution in [3.63, 3.8) is 0 Å². The Morgan fingerprint density at radius 1 is 1.06 bits per heavy atom. The van der Waals surface area contributed by atoms with Gasteiger partial charge in [-0.25, -0.2) is 0 Å². The third-order valence-corrected chi connectivity index (χ3v) is 7.57. The molecule has 7 heteroatoms. The van der Waals surface area contributed by atoms with Crippen molar-refractivity contribution in [1.82, 2.24) is 0 Å². The third kappa shape index (κ3) is 6.82. The molecule has 1 N–H and O–H groups in total.